The van der Waals surface area contributed by atoms with Gasteiger partial charge in [-0.05, 0) is 12.1 Å². The normalized spacial score (nSPS) is 10.9. The average Bonchev–Trinajstić information content (AvgIpc) is 3.15. The Morgan fingerprint density at radius 1 is 1.08 bits per heavy atom. The van der Waals surface area contributed by atoms with Crippen molar-refractivity contribution in [3.05, 3.63) is 77.6 Å². The molecular weight excluding hydrogens is 364 g/mol. The molecule has 0 N–H and O–H groups in total. The van der Waals surface area contributed by atoms with Crippen LogP contribution in [0.25, 0.3) is 27.4 Å². The maximum absolute atomic E-state index is 13.2. The minimum Gasteiger partial charge on any atom is -0.268 e. The van der Waals surface area contributed by atoms with Crippen LogP contribution in [0.2, 0.25) is 0 Å². The fourth-order valence-corrected chi connectivity index (χ4v) is 4.18. The first kappa shape index (κ1) is 16.7. The van der Waals surface area contributed by atoms with E-state index in [9.17, 15) is 4.79 Å². The van der Waals surface area contributed by atoms with E-state index in [0.29, 0.717) is 21.9 Å². The van der Waals surface area contributed by atoms with E-state index in [-0.39, 0.29) is 5.56 Å². The highest BCUT2D eigenvalue weighted by molar-refractivity contribution is 8.01. The number of nitrogens with zero attached hydrogens (tertiary/aromatic N) is 4. The molecule has 0 atom stereocenters. The van der Waals surface area contributed by atoms with Gasteiger partial charge in [-0.25, -0.2) is 9.55 Å². The molecule has 0 aliphatic rings. The smallest absolute Gasteiger partial charge is 0.268 e. The van der Waals surface area contributed by atoms with Gasteiger partial charge in [0.05, 0.1) is 10.9 Å². The summed E-state index contributed by atoms with van der Waals surface area (Å²) in [5.41, 5.74) is 1.37. The fraction of sp³-hybridized carbons (Fsp3) is 0.0526. The van der Waals surface area contributed by atoms with Crippen LogP contribution in [-0.4, -0.2) is 25.5 Å². The van der Waals surface area contributed by atoms with Gasteiger partial charge >= 0.3 is 0 Å². The third-order valence-corrected chi connectivity index (χ3v) is 5.76. The molecule has 4 aromatic rings. The zero-order valence-corrected chi connectivity index (χ0v) is 15.3. The summed E-state index contributed by atoms with van der Waals surface area (Å²) in [5, 5.41) is 9.48. The van der Waals surface area contributed by atoms with Gasteiger partial charge in [0.2, 0.25) is 5.13 Å². The number of hydrogen-bond acceptors (Lipinski definition) is 6. The fourth-order valence-electron chi connectivity index (χ4n) is 2.57. The van der Waals surface area contributed by atoms with E-state index in [2.05, 4.69) is 16.8 Å². The Morgan fingerprint density at radius 3 is 2.65 bits per heavy atom. The number of benzene rings is 2. The van der Waals surface area contributed by atoms with Gasteiger partial charge in [0.1, 0.15) is 5.82 Å². The first-order valence-corrected chi connectivity index (χ1v) is 9.73. The molecule has 0 unspecified atom stereocenters. The van der Waals surface area contributed by atoms with E-state index in [0.717, 1.165) is 15.7 Å². The van der Waals surface area contributed by atoms with Crippen molar-refractivity contribution in [3.63, 3.8) is 0 Å². The van der Waals surface area contributed by atoms with E-state index in [1.807, 2.05) is 54.6 Å². The van der Waals surface area contributed by atoms with E-state index < -0.39 is 0 Å². The predicted molar refractivity (Wildman–Crippen MR) is 107 cm³/mol. The molecular formula is C19H14N4OS2. The van der Waals surface area contributed by atoms with Crippen LogP contribution >= 0.6 is 23.1 Å². The van der Waals surface area contributed by atoms with Crippen molar-refractivity contribution < 1.29 is 0 Å². The summed E-state index contributed by atoms with van der Waals surface area (Å²) in [6.07, 6.45) is 1.81. The van der Waals surface area contributed by atoms with Crippen LogP contribution in [0.4, 0.5) is 0 Å². The Morgan fingerprint density at radius 2 is 1.85 bits per heavy atom. The Balaban J connectivity index is 1.97. The summed E-state index contributed by atoms with van der Waals surface area (Å²) in [6, 6.07) is 17.0. The number of thioether (sulfide) groups is 1. The molecule has 128 valence electrons. The molecule has 0 bridgehead atoms. The second-order valence-corrected chi connectivity index (χ2v) is 7.63. The zero-order valence-electron chi connectivity index (χ0n) is 13.7. The van der Waals surface area contributed by atoms with Crippen LogP contribution in [0.1, 0.15) is 0 Å². The van der Waals surface area contributed by atoms with Gasteiger partial charge in [-0.1, -0.05) is 71.6 Å². The van der Waals surface area contributed by atoms with Crippen LogP contribution < -0.4 is 5.56 Å². The second kappa shape index (κ2) is 7.23. The minimum atomic E-state index is -0.147. The Bertz CT molecular complexity index is 1140. The van der Waals surface area contributed by atoms with Gasteiger partial charge in [-0.15, -0.1) is 16.8 Å². The highest BCUT2D eigenvalue weighted by Crippen LogP contribution is 2.27. The molecule has 2 heterocycles. The largest absolute Gasteiger partial charge is 0.268 e. The zero-order chi connectivity index (χ0) is 17.9. The monoisotopic (exact) mass is 378 g/mol. The average molecular weight is 378 g/mol. The molecule has 0 saturated carbocycles. The van der Waals surface area contributed by atoms with Crippen LogP contribution in [0.15, 0.2) is 76.4 Å². The van der Waals surface area contributed by atoms with Crippen molar-refractivity contribution in [3.8, 4) is 16.5 Å². The van der Waals surface area contributed by atoms with Gasteiger partial charge < -0.3 is 0 Å². The van der Waals surface area contributed by atoms with Crippen LogP contribution in [0.5, 0.6) is 0 Å². The Kier molecular flexibility index (Phi) is 4.64. The van der Waals surface area contributed by atoms with Crippen molar-refractivity contribution in [1.29, 1.82) is 0 Å². The van der Waals surface area contributed by atoms with Crippen LogP contribution in [0, 0.1) is 0 Å². The molecule has 0 amide bonds. The Hall–Kier alpha value is -2.77. The third-order valence-electron chi connectivity index (χ3n) is 3.72. The first-order chi connectivity index (χ1) is 12.8. The molecule has 0 spiro atoms. The van der Waals surface area contributed by atoms with E-state index in [1.165, 1.54) is 23.1 Å². The SMILES string of the molecule is C=CCSc1nnc(-n2c(-c3ccccc3)nc3ccccc3c2=O)s1. The van der Waals surface area contributed by atoms with Crippen molar-refractivity contribution in [2.45, 2.75) is 4.34 Å². The minimum absolute atomic E-state index is 0.147. The van der Waals surface area contributed by atoms with Gasteiger partial charge in [0.25, 0.3) is 5.56 Å². The predicted octanol–water partition coefficient (Wildman–Crippen LogP) is 4.18. The van der Waals surface area contributed by atoms with Crippen molar-refractivity contribution in [1.82, 2.24) is 19.7 Å². The van der Waals surface area contributed by atoms with Crippen molar-refractivity contribution in [2.24, 2.45) is 0 Å². The number of hydrogen-bond donors (Lipinski definition) is 0. The number of rotatable bonds is 5. The van der Waals surface area contributed by atoms with Crippen LogP contribution in [-0.2, 0) is 0 Å². The topological polar surface area (TPSA) is 60.7 Å². The molecule has 7 heteroatoms. The second-order valence-electron chi connectivity index (χ2n) is 5.41. The maximum atomic E-state index is 13.2. The molecule has 26 heavy (non-hydrogen) atoms. The lowest BCUT2D eigenvalue weighted by Crippen LogP contribution is -2.21. The van der Waals surface area contributed by atoms with Gasteiger partial charge in [0, 0.05) is 11.3 Å². The lowest BCUT2D eigenvalue weighted by atomic mass is 10.2. The molecule has 2 aromatic carbocycles. The summed E-state index contributed by atoms with van der Waals surface area (Å²) in [6.45, 7) is 3.71. The number of fused-ring (bicyclic) bond motifs is 1. The van der Waals surface area contributed by atoms with E-state index >= 15 is 0 Å². The molecule has 0 aliphatic heterocycles. The number of para-hydroxylation sites is 1. The highest BCUT2D eigenvalue weighted by atomic mass is 32.2. The number of aromatic nitrogens is 4. The third kappa shape index (κ3) is 3.07. The molecule has 2 aromatic heterocycles. The van der Waals surface area contributed by atoms with Gasteiger partial charge in [0.15, 0.2) is 4.34 Å². The standard InChI is InChI=1S/C19H14N4OS2/c1-2-12-25-19-22-21-18(26-19)23-16(13-8-4-3-5-9-13)20-15-11-7-6-10-14(15)17(23)24/h2-11H,1,12H2. The van der Waals surface area contributed by atoms with Crippen molar-refractivity contribution >= 4 is 34.0 Å². The lowest BCUT2D eigenvalue weighted by molar-refractivity contribution is 0.903. The maximum Gasteiger partial charge on any atom is 0.268 e. The van der Waals surface area contributed by atoms with Crippen LogP contribution in [0.3, 0.4) is 0 Å². The summed E-state index contributed by atoms with van der Waals surface area (Å²) >= 11 is 2.91. The molecule has 4 rings (SSSR count). The van der Waals surface area contributed by atoms with Gasteiger partial charge in [-0.2, -0.15) is 0 Å². The van der Waals surface area contributed by atoms with Crippen molar-refractivity contribution in [2.75, 3.05) is 5.75 Å². The summed E-state index contributed by atoms with van der Waals surface area (Å²) in [5.74, 6) is 1.30. The lowest BCUT2D eigenvalue weighted by Gasteiger charge is -2.10. The van der Waals surface area contributed by atoms with E-state index in [1.54, 1.807) is 10.6 Å². The quantitative estimate of drug-likeness (QED) is 0.385. The van der Waals surface area contributed by atoms with Gasteiger partial charge in [-0.3, -0.25) is 4.79 Å². The summed E-state index contributed by atoms with van der Waals surface area (Å²) in [4.78, 5) is 17.9. The summed E-state index contributed by atoms with van der Waals surface area (Å²) < 4.78 is 2.34. The Labute approximate surface area is 158 Å². The highest BCUT2D eigenvalue weighted by Gasteiger charge is 2.17. The molecule has 0 saturated heterocycles. The molecule has 0 fully saturated rings. The molecule has 5 nitrogen and oxygen atoms in total. The van der Waals surface area contributed by atoms with E-state index in [4.69, 9.17) is 4.98 Å². The summed E-state index contributed by atoms with van der Waals surface area (Å²) in [7, 11) is 0. The first-order valence-electron chi connectivity index (χ1n) is 7.92. The molecule has 0 radical (unpaired) electrons. The molecule has 0 aliphatic carbocycles.